The van der Waals surface area contributed by atoms with Crippen molar-refractivity contribution in [3.05, 3.63) is 125 Å². The van der Waals surface area contributed by atoms with Gasteiger partial charge in [0.15, 0.2) is 0 Å². The van der Waals surface area contributed by atoms with Crippen molar-refractivity contribution < 1.29 is 4.74 Å². The van der Waals surface area contributed by atoms with Crippen LogP contribution in [0, 0.1) is 6.92 Å². The molecule has 1 aromatic heterocycles. The Morgan fingerprint density at radius 3 is 2.37 bits per heavy atom. The van der Waals surface area contributed by atoms with Gasteiger partial charge in [0.25, 0.3) is 0 Å². The number of aryl methyl sites for hydroxylation is 2. The van der Waals surface area contributed by atoms with Crippen LogP contribution >= 0.6 is 23.4 Å². The molecule has 1 unspecified atom stereocenters. The van der Waals surface area contributed by atoms with E-state index in [2.05, 4.69) is 89.5 Å². The lowest BCUT2D eigenvalue weighted by molar-refractivity contribution is 0.301. The number of para-hydroxylation sites is 2. The van der Waals surface area contributed by atoms with Crippen LogP contribution in [0.4, 0.5) is 0 Å². The van der Waals surface area contributed by atoms with Gasteiger partial charge >= 0.3 is 0 Å². The Morgan fingerprint density at radius 1 is 0.886 bits per heavy atom. The highest BCUT2D eigenvalue weighted by Gasteiger charge is 2.23. The quantitative estimate of drug-likeness (QED) is 0.151. The summed E-state index contributed by atoms with van der Waals surface area (Å²) in [5.41, 5.74) is 4.44. The SMILES string of the molecule is Cc1cc(OCCCn2c(C(Sc3ccccc3)c3ccccc3)nc3ccccc32)ccc1Cl. The molecule has 1 heterocycles. The highest BCUT2D eigenvalue weighted by molar-refractivity contribution is 7.99. The molecule has 0 amide bonds. The maximum Gasteiger partial charge on any atom is 0.127 e. The van der Waals surface area contributed by atoms with Gasteiger partial charge in [-0.15, -0.1) is 11.8 Å². The highest BCUT2D eigenvalue weighted by Crippen LogP contribution is 2.41. The lowest BCUT2D eigenvalue weighted by atomic mass is 10.1. The second-order valence-electron chi connectivity index (χ2n) is 8.44. The summed E-state index contributed by atoms with van der Waals surface area (Å²) in [5.74, 6) is 1.91. The molecule has 1 atom stereocenters. The van der Waals surface area contributed by atoms with Gasteiger partial charge in [-0.1, -0.05) is 72.3 Å². The van der Waals surface area contributed by atoms with Gasteiger partial charge in [-0.3, -0.25) is 0 Å². The summed E-state index contributed by atoms with van der Waals surface area (Å²) in [6, 6.07) is 35.4. The Labute approximate surface area is 215 Å². The Balaban J connectivity index is 1.43. The van der Waals surface area contributed by atoms with E-state index in [1.807, 2.05) is 36.9 Å². The lowest BCUT2D eigenvalue weighted by Gasteiger charge is -2.19. The van der Waals surface area contributed by atoms with Gasteiger partial charge in [-0.2, -0.15) is 0 Å². The number of halogens is 1. The van der Waals surface area contributed by atoms with Gasteiger partial charge in [-0.05, 0) is 66.9 Å². The Bertz CT molecular complexity index is 1400. The molecule has 5 rings (SSSR count). The molecule has 0 spiro atoms. The standard InChI is InChI=1S/C30H27ClN2OS/c1-22-21-24(17-18-26(22)31)34-20-10-19-33-28-16-9-8-15-27(28)32-30(33)29(23-11-4-2-5-12-23)35-25-13-6-3-7-14-25/h2-9,11-18,21,29H,10,19-20H2,1H3. The van der Waals surface area contributed by atoms with E-state index in [0.29, 0.717) is 6.61 Å². The van der Waals surface area contributed by atoms with Crippen LogP contribution in [0.15, 0.2) is 108 Å². The van der Waals surface area contributed by atoms with E-state index in [1.54, 1.807) is 0 Å². The molecule has 35 heavy (non-hydrogen) atoms. The van der Waals surface area contributed by atoms with Crippen molar-refractivity contribution in [1.82, 2.24) is 9.55 Å². The molecule has 4 aromatic carbocycles. The number of thioether (sulfide) groups is 1. The molecule has 0 saturated carbocycles. The Hall–Kier alpha value is -3.21. The van der Waals surface area contributed by atoms with E-state index in [9.17, 15) is 0 Å². The fourth-order valence-corrected chi connectivity index (χ4v) is 5.46. The molecule has 5 aromatic rings. The van der Waals surface area contributed by atoms with E-state index < -0.39 is 0 Å². The first-order valence-corrected chi connectivity index (χ1v) is 13.1. The molecule has 0 saturated heterocycles. The van der Waals surface area contributed by atoms with E-state index in [-0.39, 0.29) is 5.25 Å². The highest BCUT2D eigenvalue weighted by atomic mass is 35.5. The van der Waals surface area contributed by atoms with Crippen molar-refractivity contribution in [2.45, 2.75) is 30.0 Å². The van der Waals surface area contributed by atoms with Crippen LogP contribution in [0.1, 0.15) is 28.6 Å². The third-order valence-corrected chi connectivity index (χ3v) is 7.63. The molecule has 0 bridgehead atoms. The number of hydrogen-bond donors (Lipinski definition) is 0. The Morgan fingerprint density at radius 2 is 1.60 bits per heavy atom. The van der Waals surface area contributed by atoms with Crippen molar-refractivity contribution in [3.8, 4) is 5.75 Å². The summed E-state index contributed by atoms with van der Waals surface area (Å²) >= 11 is 7.99. The molecule has 0 N–H and O–H groups in total. The van der Waals surface area contributed by atoms with E-state index >= 15 is 0 Å². The summed E-state index contributed by atoms with van der Waals surface area (Å²) in [7, 11) is 0. The third kappa shape index (κ3) is 5.55. The summed E-state index contributed by atoms with van der Waals surface area (Å²) < 4.78 is 8.40. The van der Waals surface area contributed by atoms with E-state index in [4.69, 9.17) is 21.3 Å². The number of ether oxygens (including phenoxy) is 1. The predicted octanol–water partition coefficient (Wildman–Crippen LogP) is 8.35. The summed E-state index contributed by atoms with van der Waals surface area (Å²) in [6.07, 6.45) is 0.868. The minimum atomic E-state index is 0.0748. The molecule has 0 aliphatic carbocycles. The number of imidazole rings is 1. The van der Waals surface area contributed by atoms with Crippen LogP contribution in [-0.4, -0.2) is 16.2 Å². The number of nitrogens with zero attached hydrogens (tertiary/aromatic N) is 2. The van der Waals surface area contributed by atoms with Crippen molar-refractivity contribution in [2.75, 3.05) is 6.61 Å². The molecule has 3 nitrogen and oxygen atoms in total. The zero-order valence-corrected chi connectivity index (χ0v) is 21.2. The van der Waals surface area contributed by atoms with Gasteiger partial charge in [0.2, 0.25) is 0 Å². The van der Waals surface area contributed by atoms with Crippen LogP contribution < -0.4 is 4.74 Å². The van der Waals surface area contributed by atoms with Crippen molar-refractivity contribution in [3.63, 3.8) is 0 Å². The molecular formula is C30H27ClN2OS. The maximum atomic E-state index is 6.15. The van der Waals surface area contributed by atoms with Gasteiger partial charge in [0, 0.05) is 16.5 Å². The molecule has 0 fully saturated rings. The average Bonchev–Trinajstić information content (AvgIpc) is 3.26. The zero-order valence-electron chi connectivity index (χ0n) is 19.6. The van der Waals surface area contributed by atoms with Gasteiger partial charge in [-0.25, -0.2) is 4.98 Å². The maximum absolute atomic E-state index is 6.15. The molecule has 0 aliphatic heterocycles. The monoisotopic (exact) mass is 498 g/mol. The van der Waals surface area contributed by atoms with Crippen LogP contribution in [0.3, 0.4) is 0 Å². The first-order valence-electron chi connectivity index (χ1n) is 11.8. The minimum absolute atomic E-state index is 0.0748. The molecule has 5 heteroatoms. The predicted molar refractivity (Wildman–Crippen MR) is 147 cm³/mol. The molecule has 0 aliphatic rings. The van der Waals surface area contributed by atoms with Crippen LogP contribution in [0.25, 0.3) is 11.0 Å². The van der Waals surface area contributed by atoms with E-state index in [1.165, 1.54) is 10.5 Å². The first-order chi connectivity index (χ1) is 17.2. The second-order valence-corrected chi connectivity index (χ2v) is 10.0. The van der Waals surface area contributed by atoms with Crippen molar-refractivity contribution in [2.24, 2.45) is 0 Å². The molecule has 176 valence electrons. The zero-order chi connectivity index (χ0) is 24.0. The first kappa shape index (κ1) is 23.5. The van der Waals surface area contributed by atoms with Gasteiger partial charge < -0.3 is 9.30 Å². The summed E-state index contributed by atoms with van der Waals surface area (Å²) in [5, 5.41) is 0.834. The van der Waals surface area contributed by atoms with Gasteiger partial charge in [0.1, 0.15) is 11.6 Å². The number of rotatable bonds is 9. The molecule has 0 radical (unpaired) electrons. The van der Waals surface area contributed by atoms with Crippen molar-refractivity contribution in [1.29, 1.82) is 0 Å². The lowest BCUT2D eigenvalue weighted by Crippen LogP contribution is -2.11. The topological polar surface area (TPSA) is 27.1 Å². The smallest absolute Gasteiger partial charge is 0.127 e. The van der Waals surface area contributed by atoms with Crippen molar-refractivity contribution >= 4 is 34.4 Å². The fraction of sp³-hybridized carbons (Fsp3) is 0.167. The van der Waals surface area contributed by atoms with Crippen LogP contribution in [-0.2, 0) is 6.54 Å². The van der Waals surface area contributed by atoms with Crippen LogP contribution in [0.5, 0.6) is 5.75 Å². The normalized spacial score (nSPS) is 12.1. The van der Waals surface area contributed by atoms with Crippen LogP contribution in [0.2, 0.25) is 5.02 Å². The average molecular weight is 499 g/mol. The summed E-state index contributed by atoms with van der Waals surface area (Å²) in [6.45, 7) is 3.43. The Kier molecular flexibility index (Phi) is 7.41. The number of benzene rings is 4. The van der Waals surface area contributed by atoms with E-state index in [0.717, 1.165) is 46.2 Å². The summed E-state index contributed by atoms with van der Waals surface area (Å²) in [4.78, 5) is 6.35. The minimum Gasteiger partial charge on any atom is -0.494 e. The fourth-order valence-electron chi connectivity index (χ4n) is 4.18. The largest absolute Gasteiger partial charge is 0.494 e. The number of fused-ring (bicyclic) bond motifs is 1. The molecular weight excluding hydrogens is 472 g/mol. The third-order valence-electron chi connectivity index (χ3n) is 5.94. The number of aromatic nitrogens is 2. The number of hydrogen-bond acceptors (Lipinski definition) is 3. The second kappa shape index (κ2) is 11.0. The van der Waals surface area contributed by atoms with Gasteiger partial charge in [0.05, 0.1) is 22.9 Å².